The van der Waals surface area contributed by atoms with Crippen molar-refractivity contribution in [1.29, 1.82) is 0 Å². The number of carbonyl (C=O) groups excluding carboxylic acids is 1. The Bertz CT molecular complexity index is 476. The SMILES string of the molecule is COC(=O)c1csc(S(=O)(=O)Cl)c1OC. The molecule has 0 saturated carbocycles. The number of rotatable bonds is 3. The van der Waals surface area contributed by atoms with Crippen LogP contribution in [0.4, 0.5) is 0 Å². The van der Waals surface area contributed by atoms with Crippen molar-refractivity contribution in [2.45, 2.75) is 4.21 Å². The van der Waals surface area contributed by atoms with E-state index in [1.54, 1.807) is 0 Å². The van der Waals surface area contributed by atoms with E-state index in [4.69, 9.17) is 15.4 Å². The summed E-state index contributed by atoms with van der Waals surface area (Å²) in [5.74, 6) is -0.753. The van der Waals surface area contributed by atoms with E-state index in [9.17, 15) is 13.2 Å². The monoisotopic (exact) mass is 270 g/mol. The maximum Gasteiger partial charge on any atom is 0.342 e. The predicted octanol–water partition coefficient (Wildman–Crippen LogP) is 1.47. The molecule has 15 heavy (non-hydrogen) atoms. The minimum atomic E-state index is -3.91. The van der Waals surface area contributed by atoms with Crippen molar-refractivity contribution in [2.75, 3.05) is 14.2 Å². The van der Waals surface area contributed by atoms with Gasteiger partial charge in [0.1, 0.15) is 5.56 Å². The smallest absolute Gasteiger partial charge is 0.342 e. The summed E-state index contributed by atoms with van der Waals surface area (Å²) in [6.45, 7) is 0. The molecule has 0 saturated heterocycles. The lowest BCUT2D eigenvalue weighted by Gasteiger charge is -2.02. The summed E-state index contributed by atoms with van der Waals surface area (Å²) in [6, 6.07) is 0. The van der Waals surface area contributed by atoms with Crippen LogP contribution in [0.15, 0.2) is 9.59 Å². The Kier molecular flexibility index (Phi) is 3.58. The average Bonchev–Trinajstić information content (AvgIpc) is 2.59. The van der Waals surface area contributed by atoms with Crippen LogP contribution in [0.2, 0.25) is 0 Å². The molecule has 1 rings (SSSR count). The average molecular weight is 271 g/mol. The van der Waals surface area contributed by atoms with E-state index < -0.39 is 15.0 Å². The molecule has 0 N–H and O–H groups in total. The van der Waals surface area contributed by atoms with Crippen LogP contribution < -0.4 is 4.74 Å². The van der Waals surface area contributed by atoms with Crippen LogP contribution in [0.3, 0.4) is 0 Å². The summed E-state index contributed by atoms with van der Waals surface area (Å²) in [4.78, 5) is 11.2. The second kappa shape index (κ2) is 4.38. The molecule has 1 aromatic rings. The molecule has 8 heteroatoms. The number of esters is 1. The Balaban J connectivity index is 3.36. The molecule has 0 aliphatic carbocycles. The zero-order chi connectivity index (χ0) is 11.6. The van der Waals surface area contributed by atoms with E-state index >= 15 is 0 Å². The fourth-order valence-corrected chi connectivity index (χ4v) is 3.23. The Labute approximate surface area is 95.0 Å². The number of methoxy groups -OCH3 is 2. The Morgan fingerprint density at radius 3 is 2.47 bits per heavy atom. The van der Waals surface area contributed by atoms with Crippen molar-refractivity contribution in [3.63, 3.8) is 0 Å². The standard InChI is InChI=1S/C7H7ClO5S2/c1-12-5-4(6(9)13-2)3-14-7(5)15(8,10)11/h3H,1-2H3. The molecule has 5 nitrogen and oxygen atoms in total. The molecule has 0 atom stereocenters. The van der Waals surface area contributed by atoms with Gasteiger partial charge in [-0.05, 0) is 0 Å². The molecular formula is C7H7ClO5S2. The topological polar surface area (TPSA) is 69.7 Å². The van der Waals surface area contributed by atoms with Crippen LogP contribution >= 0.6 is 22.0 Å². The van der Waals surface area contributed by atoms with Gasteiger partial charge in [-0.3, -0.25) is 0 Å². The van der Waals surface area contributed by atoms with Crippen molar-refractivity contribution in [1.82, 2.24) is 0 Å². The summed E-state index contributed by atoms with van der Waals surface area (Å²) >= 11 is 0.806. The highest BCUT2D eigenvalue weighted by atomic mass is 35.7. The number of hydrogen-bond donors (Lipinski definition) is 0. The Morgan fingerprint density at radius 2 is 2.07 bits per heavy atom. The van der Waals surface area contributed by atoms with Gasteiger partial charge in [0.05, 0.1) is 14.2 Å². The lowest BCUT2D eigenvalue weighted by Crippen LogP contribution is -2.02. The van der Waals surface area contributed by atoms with Crippen LogP contribution in [0.5, 0.6) is 5.75 Å². The van der Waals surface area contributed by atoms with Gasteiger partial charge in [0, 0.05) is 16.1 Å². The summed E-state index contributed by atoms with van der Waals surface area (Å²) in [5, 5.41) is 1.32. The van der Waals surface area contributed by atoms with Crippen LogP contribution in [-0.2, 0) is 13.8 Å². The molecule has 1 aromatic heterocycles. The highest BCUT2D eigenvalue weighted by Gasteiger charge is 2.26. The fraction of sp³-hybridized carbons (Fsp3) is 0.286. The minimum Gasteiger partial charge on any atom is -0.494 e. The lowest BCUT2D eigenvalue weighted by atomic mass is 10.3. The molecule has 0 amide bonds. The third kappa shape index (κ3) is 2.42. The molecule has 0 aliphatic heterocycles. The van der Waals surface area contributed by atoms with E-state index in [2.05, 4.69) is 4.74 Å². The highest BCUT2D eigenvalue weighted by molar-refractivity contribution is 8.15. The largest absolute Gasteiger partial charge is 0.494 e. The van der Waals surface area contributed by atoms with E-state index in [1.807, 2.05) is 0 Å². The highest BCUT2D eigenvalue weighted by Crippen LogP contribution is 2.36. The van der Waals surface area contributed by atoms with Gasteiger partial charge in [-0.15, -0.1) is 11.3 Å². The molecule has 0 aliphatic rings. The molecule has 84 valence electrons. The third-order valence-electron chi connectivity index (χ3n) is 1.54. The van der Waals surface area contributed by atoms with E-state index in [0.717, 1.165) is 11.3 Å². The van der Waals surface area contributed by atoms with Crippen molar-refractivity contribution in [3.8, 4) is 5.75 Å². The quantitative estimate of drug-likeness (QED) is 0.614. The van der Waals surface area contributed by atoms with Crippen molar-refractivity contribution >= 4 is 37.0 Å². The minimum absolute atomic E-state index is 0.0456. The van der Waals surface area contributed by atoms with Gasteiger partial charge in [-0.25, -0.2) is 13.2 Å². The lowest BCUT2D eigenvalue weighted by molar-refractivity contribution is 0.0597. The maximum atomic E-state index is 11.2. The van der Waals surface area contributed by atoms with Crippen LogP contribution in [0, 0.1) is 0 Å². The van der Waals surface area contributed by atoms with Crippen molar-refractivity contribution in [2.24, 2.45) is 0 Å². The zero-order valence-corrected chi connectivity index (χ0v) is 10.2. The van der Waals surface area contributed by atoms with Crippen LogP contribution in [0.1, 0.15) is 10.4 Å². The predicted molar refractivity (Wildman–Crippen MR) is 55.2 cm³/mol. The van der Waals surface area contributed by atoms with Gasteiger partial charge in [0.15, 0.2) is 9.96 Å². The number of halogens is 1. The molecule has 1 heterocycles. The first-order valence-electron chi connectivity index (χ1n) is 3.60. The molecule has 0 spiro atoms. The van der Waals surface area contributed by atoms with Crippen molar-refractivity contribution < 1.29 is 22.7 Å². The van der Waals surface area contributed by atoms with Gasteiger partial charge < -0.3 is 9.47 Å². The van der Waals surface area contributed by atoms with Gasteiger partial charge >= 0.3 is 5.97 Å². The first-order valence-corrected chi connectivity index (χ1v) is 6.79. The second-order valence-corrected chi connectivity index (χ2v) is 6.04. The van der Waals surface area contributed by atoms with Gasteiger partial charge in [0.2, 0.25) is 0 Å². The summed E-state index contributed by atoms with van der Waals surface area (Å²) < 4.78 is 31.2. The molecule has 0 radical (unpaired) electrons. The fourth-order valence-electron chi connectivity index (χ4n) is 0.942. The zero-order valence-electron chi connectivity index (χ0n) is 7.81. The normalized spacial score (nSPS) is 11.1. The Morgan fingerprint density at radius 1 is 1.47 bits per heavy atom. The molecule has 0 aromatic carbocycles. The maximum absolute atomic E-state index is 11.2. The molecular weight excluding hydrogens is 264 g/mol. The van der Waals surface area contributed by atoms with E-state index in [-0.39, 0.29) is 15.5 Å². The van der Waals surface area contributed by atoms with E-state index in [0.29, 0.717) is 0 Å². The summed E-state index contributed by atoms with van der Waals surface area (Å²) in [5.41, 5.74) is 0.0456. The van der Waals surface area contributed by atoms with Crippen LogP contribution in [-0.4, -0.2) is 28.6 Å². The van der Waals surface area contributed by atoms with Crippen LogP contribution in [0.25, 0.3) is 0 Å². The second-order valence-electron chi connectivity index (χ2n) is 2.40. The summed E-state index contributed by atoms with van der Waals surface area (Å²) in [6.07, 6.45) is 0. The number of hydrogen-bond acceptors (Lipinski definition) is 6. The Hall–Kier alpha value is -0.790. The number of ether oxygens (including phenoxy) is 2. The number of carbonyl (C=O) groups is 1. The summed E-state index contributed by atoms with van der Waals surface area (Å²) in [7, 11) is 3.68. The molecule has 0 fully saturated rings. The third-order valence-corrected chi connectivity index (χ3v) is 4.61. The van der Waals surface area contributed by atoms with Gasteiger partial charge in [-0.1, -0.05) is 0 Å². The molecule has 0 unspecified atom stereocenters. The number of thiophene rings is 1. The van der Waals surface area contributed by atoms with Crippen molar-refractivity contribution in [3.05, 3.63) is 10.9 Å². The first-order chi connectivity index (χ1) is 6.91. The van der Waals surface area contributed by atoms with Gasteiger partial charge in [-0.2, -0.15) is 0 Å². The first kappa shape index (κ1) is 12.3. The van der Waals surface area contributed by atoms with Gasteiger partial charge in [0.25, 0.3) is 9.05 Å². The van der Waals surface area contributed by atoms with E-state index in [1.165, 1.54) is 19.6 Å². The molecule has 0 bridgehead atoms.